The molecule has 0 saturated carbocycles. The molecule has 21 heavy (non-hydrogen) atoms. The fraction of sp³-hybridized carbons (Fsp3) is 0.600. The van der Waals surface area contributed by atoms with Crippen molar-refractivity contribution in [3.63, 3.8) is 0 Å². The van der Waals surface area contributed by atoms with Gasteiger partial charge in [-0.05, 0) is 57.5 Å². The van der Waals surface area contributed by atoms with Gasteiger partial charge in [0.15, 0.2) is 0 Å². The molecule has 1 unspecified atom stereocenters. The summed E-state index contributed by atoms with van der Waals surface area (Å²) in [6.45, 7) is 5.32. The van der Waals surface area contributed by atoms with E-state index in [2.05, 4.69) is 5.32 Å². The van der Waals surface area contributed by atoms with Gasteiger partial charge in [0.1, 0.15) is 5.75 Å². The van der Waals surface area contributed by atoms with Gasteiger partial charge in [-0.3, -0.25) is 0 Å². The second-order valence-electron chi connectivity index (χ2n) is 5.64. The Balaban J connectivity index is 2.23. The maximum Gasteiger partial charge on any atom is 0.243 e. The van der Waals surface area contributed by atoms with Crippen molar-refractivity contribution in [2.24, 2.45) is 0 Å². The minimum absolute atomic E-state index is 0.0699. The van der Waals surface area contributed by atoms with Crippen molar-refractivity contribution in [3.05, 3.63) is 24.3 Å². The molecule has 1 aromatic carbocycles. The number of sulfonamides is 1. The highest BCUT2D eigenvalue weighted by Crippen LogP contribution is 2.22. The average molecular weight is 312 g/mol. The van der Waals surface area contributed by atoms with Crippen LogP contribution in [0.5, 0.6) is 5.75 Å². The number of hydrogen-bond donors (Lipinski definition) is 1. The third kappa shape index (κ3) is 3.75. The van der Waals surface area contributed by atoms with Crippen LogP contribution < -0.4 is 10.1 Å². The number of nitrogens with zero attached hydrogens (tertiary/aromatic N) is 1. The number of ether oxygens (including phenoxy) is 1. The quantitative estimate of drug-likeness (QED) is 0.871. The standard InChI is InChI=1S/C15H24N2O3S/c1-12(2)17(11-13-5-4-10-16-13)21(18,19)15-8-6-14(20-3)7-9-15/h6-9,12-13,16H,4-5,10-11H2,1-3H3. The lowest BCUT2D eigenvalue weighted by Gasteiger charge is -2.28. The second-order valence-corrected chi connectivity index (χ2v) is 7.53. The molecule has 0 radical (unpaired) electrons. The van der Waals surface area contributed by atoms with Gasteiger partial charge in [0.25, 0.3) is 0 Å². The Kier molecular flexibility index (Phi) is 5.24. The monoisotopic (exact) mass is 312 g/mol. The summed E-state index contributed by atoms with van der Waals surface area (Å²) in [5.74, 6) is 0.655. The van der Waals surface area contributed by atoms with E-state index in [9.17, 15) is 8.42 Å². The number of hydrogen-bond acceptors (Lipinski definition) is 4. The maximum atomic E-state index is 12.8. The molecular formula is C15H24N2O3S. The highest BCUT2D eigenvalue weighted by atomic mass is 32.2. The van der Waals surface area contributed by atoms with Gasteiger partial charge in [0.05, 0.1) is 12.0 Å². The van der Waals surface area contributed by atoms with E-state index >= 15 is 0 Å². The lowest BCUT2D eigenvalue weighted by molar-refractivity contribution is 0.322. The first-order chi connectivity index (χ1) is 9.95. The summed E-state index contributed by atoms with van der Waals surface area (Å²) in [4.78, 5) is 0.315. The topological polar surface area (TPSA) is 58.6 Å². The Morgan fingerprint density at radius 1 is 1.33 bits per heavy atom. The van der Waals surface area contributed by atoms with Gasteiger partial charge in [-0.1, -0.05) is 0 Å². The summed E-state index contributed by atoms with van der Waals surface area (Å²) < 4.78 is 32.3. The fourth-order valence-electron chi connectivity index (χ4n) is 2.60. The summed E-state index contributed by atoms with van der Waals surface area (Å²) in [7, 11) is -1.91. The first-order valence-electron chi connectivity index (χ1n) is 7.34. The summed E-state index contributed by atoms with van der Waals surface area (Å²) in [6.07, 6.45) is 2.14. The van der Waals surface area contributed by atoms with E-state index in [1.165, 1.54) is 0 Å². The number of rotatable bonds is 6. The van der Waals surface area contributed by atoms with E-state index in [1.54, 1.807) is 35.7 Å². The molecular weight excluding hydrogens is 288 g/mol. The predicted octanol–water partition coefficient (Wildman–Crippen LogP) is 1.85. The normalized spacial score (nSPS) is 19.4. The zero-order chi connectivity index (χ0) is 15.5. The molecule has 0 aromatic heterocycles. The minimum Gasteiger partial charge on any atom is -0.497 e. The molecule has 118 valence electrons. The van der Waals surface area contributed by atoms with Gasteiger partial charge in [-0.25, -0.2) is 8.42 Å². The van der Waals surface area contributed by atoms with E-state index < -0.39 is 10.0 Å². The molecule has 1 aliphatic rings. The van der Waals surface area contributed by atoms with Crippen molar-refractivity contribution >= 4 is 10.0 Å². The third-order valence-electron chi connectivity index (χ3n) is 3.80. The van der Waals surface area contributed by atoms with Crippen LogP contribution in [-0.2, 0) is 10.0 Å². The Bertz CT molecular complexity index is 549. The molecule has 1 heterocycles. The first kappa shape index (κ1) is 16.3. The molecule has 1 fully saturated rings. The van der Waals surface area contributed by atoms with Crippen LogP contribution in [0.2, 0.25) is 0 Å². The van der Waals surface area contributed by atoms with Crippen molar-refractivity contribution in [3.8, 4) is 5.75 Å². The largest absolute Gasteiger partial charge is 0.497 e. The first-order valence-corrected chi connectivity index (χ1v) is 8.78. The van der Waals surface area contributed by atoms with E-state index in [4.69, 9.17) is 4.74 Å². The van der Waals surface area contributed by atoms with E-state index in [0.717, 1.165) is 19.4 Å². The van der Waals surface area contributed by atoms with Crippen LogP contribution in [0.3, 0.4) is 0 Å². The predicted molar refractivity (Wildman–Crippen MR) is 83.0 cm³/mol. The summed E-state index contributed by atoms with van der Waals surface area (Å²) >= 11 is 0. The molecule has 0 amide bonds. The molecule has 0 spiro atoms. The Hall–Kier alpha value is -1.11. The van der Waals surface area contributed by atoms with Crippen LogP contribution in [0.1, 0.15) is 26.7 Å². The summed E-state index contributed by atoms with van der Waals surface area (Å²) in [6, 6.07) is 6.75. The minimum atomic E-state index is -3.48. The highest BCUT2D eigenvalue weighted by Gasteiger charge is 2.30. The molecule has 0 aliphatic carbocycles. The molecule has 1 atom stereocenters. The van der Waals surface area contributed by atoms with Crippen molar-refractivity contribution in [1.82, 2.24) is 9.62 Å². The van der Waals surface area contributed by atoms with Crippen LogP contribution in [0.4, 0.5) is 0 Å². The molecule has 1 saturated heterocycles. The molecule has 0 bridgehead atoms. The average Bonchev–Trinajstić information content (AvgIpc) is 2.97. The van der Waals surface area contributed by atoms with Gasteiger partial charge in [0, 0.05) is 18.6 Å². The molecule has 6 heteroatoms. The van der Waals surface area contributed by atoms with Crippen LogP contribution >= 0.6 is 0 Å². The lowest BCUT2D eigenvalue weighted by atomic mass is 10.2. The van der Waals surface area contributed by atoms with Gasteiger partial charge < -0.3 is 10.1 Å². The van der Waals surface area contributed by atoms with E-state index in [-0.39, 0.29) is 12.1 Å². The Morgan fingerprint density at radius 3 is 2.48 bits per heavy atom. The number of benzene rings is 1. The van der Waals surface area contributed by atoms with E-state index in [1.807, 2.05) is 13.8 Å². The van der Waals surface area contributed by atoms with Crippen molar-refractivity contribution in [2.45, 2.75) is 43.7 Å². The van der Waals surface area contributed by atoms with Crippen molar-refractivity contribution < 1.29 is 13.2 Å². The van der Waals surface area contributed by atoms with Gasteiger partial charge in [-0.15, -0.1) is 0 Å². The Morgan fingerprint density at radius 2 is 2.00 bits per heavy atom. The van der Waals surface area contributed by atoms with Crippen LogP contribution in [0.15, 0.2) is 29.2 Å². The second kappa shape index (κ2) is 6.77. The van der Waals surface area contributed by atoms with Crippen molar-refractivity contribution in [1.29, 1.82) is 0 Å². The third-order valence-corrected chi connectivity index (χ3v) is 5.86. The number of nitrogens with one attached hydrogen (secondary N) is 1. The highest BCUT2D eigenvalue weighted by molar-refractivity contribution is 7.89. The van der Waals surface area contributed by atoms with Gasteiger partial charge >= 0.3 is 0 Å². The summed E-state index contributed by atoms with van der Waals surface area (Å²) in [5, 5.41) is 3.36. The fourth-order valence-corrected chi connectivity index (χ4v) is 4.28. The van der Waals surface area contributed by atoms with Crippen molar-refractivity contribution in [2.75, 3.05) is 20.2 Å². The Labute approximate surface area is 127 Å². The van der Waals surface area contributed by atoms with Crippen LogP contribution in [-0.4, -0.2) is 45.0 Å². The summed E-state index contributed by atoms with van der Waals surface area (Å²) in [5.41, 5.74) is 0. The van der Waals surface area contributed by atoms with Crippen LogP contribution in [0, 0.1) is 0 Å². The molecule has 1 N–H and O–H groups in total. The molecule has 2 rings (SSSR count). The zero-order valence-electron chi connectivity index (χ0n) is 12.9. The molecule has 1 aromatic rings. The van der Waals surface area contributed by atoms with Gasteiger partial charge in [-0.2, -0.15) is 4.31 Å². The maximum absolute atomic E-state index is 12.8. The van der Waals surface area contributed by atoms with Gasteiger partial charge in [0.2, 0.25) is 10.0 Å². The zero-order valence-corrected chi connectivity index (χ0v) is 13.7. The lowest BCUT2D eigenvalue weighted by Crippen LogP contribution is -2.44. The van der Waals surface area contributed by atoms with E-state index in [0.29, 0.717) is 17.2 Å². The molecule has 1 aliphatic heterocycles. The van der Waals surface area contributed by atoms with Crippen LogP contribution in [0.25, 0.3) is 0 Å². The molecule has 5 nitrogen and oxygen atoms in total. The smallest absolute Gasteiger partial charge is 0.243 e. The number of methoxy groups -OCH3 is 1. The SMILES string of the molecule is COc1ccc(S(=O)(=O)N(CC2CCCN2)C(C)C)cc1.